The Morgan fingerprint density at radius 3 is 2.25 bits per heavy atom. The highest BCUT2D eigenvalue weighted by Gasteiger charge is 2.37. The van der Waals surface area contributed by atoms with Crippen LogP contribution in [0.3, 0.4) is 0 Å². The molecule has 0 aromatic heterocycles. The highest BCUT2D eigenvalue weighted by atomic mass is 19.1. The summed E-state index contributed by atoms with van der Waals surface area (Å²) in [7, 11) is 1.76. The minimum absolute atomic E-state index is 0.185. The van der Waals surface area contributed by atoms with Crippen LogP contribution < -0.4 is 9.80 Å². The third-order valence-electron chi connectivity index (χ3n) is 4.88. The van der Waals surface area contributed by atoms with Crippen molar-refractivity contribution < 1.29 is 8.78 Å². The highest BCUT2D eigenvalue weighted by Crippen LogP contribution is 2.49. The summed E-state index contributed by atoms with van der Waals surface area (Å²) in [5, 5.41) is 0. The molecule has 0 N–H and O–H groups in total. The van der Waals surface area contributed by atoms with Crippen molar-refractivity contribution in [1.29, 1.82) is 0 Å². The van der Waals surface area contributed by atoms with Crippen molar-refractivity contribution in [3.05, 3.63) is 57.9 Å². The van der Waals surface area contributed by atoms with Gasteiger partial charge in [0.1, 0.15) is 12.0 Å². The van der Waals surface area contributed by atoms with Crippen molar-refractivity contribution in [2.24, 2.45) is 0 Å². The molecule has 0 spiro atoms. The van der Waals surface area contributed by atoms with Gasteiger partial charge in [0.2, 0.25) is 0 Å². The van der Waals surface area contributed by atoms with E-state index in [-0.39, 0.29) is 11.9 Å². The first kappa shape index (κ1) is 16.3. The zero-order valence-corrected chi connectivity index (χ0v) is 14.4. The van der Waals surface area contributed by atoms with Crippen molar-refractivity contribution in [3.8, 4) is 0 Å². The van der Waals surface area contributed by atoms with Gasteiger partial charge in [0, 0.05) is 12.7 Å². The fraction of sp³-hybridized carbons (Fsp3) is 0.316. The summed E-state index contributed by atoms with van der Waals surface area (Å²) in [6, 6.07) is 5.39. The third kappa shape index (κ3) is 2.14. The molecule has 0 aliphatic carbocycles. The summed E-state index contributed by atoms with van der Waals surface area (Å²) in [6.45, 7) is 15.0. The summed E-state index contributed by atoms with van der Waals surface area (Å²) in [5.74, 6) is -1.62. The van der Waals surface area contributed by atoms with Crippen LogP contribution in [0.25, 0.3) is 4.85 Å². The number of halogens is 2. The van der Waals surface area contributed by atoms with Crippen molar-refractivity contribution in [1.82, 2.24) is 0 Å². The van der Waals surface area contributed by atoms with E-state index < -0.39 is 17.3 Å². The van der Waals surface area contributed by atoms with Gasteiger partial charge in [0.05, 0.1) is 17.9 Å². The Labute approximate surface area is 140 Å². The van der Waals surface area contributed by atoms with Crippen LogP contribution in [0.15, 0.2) is 18.2 Å². The topological polar surface area (TPSA) is 10.8 Å². The van der Waals surface area contributed by atoms with Crippen molar-refractivity contribution in [2.45, 2.75) is 33.9 Å². The molecule has 0 amide bonds. The van der Waals surface area contributed by atoms with Gasteiger partial charge in [0.25, 0.3) is 5.69 Å². The second-order valence-electron chi connectivity index (χ2n) is 6.34. The zero-order valence-electron chi connectivity index (χ0n) is 14.4. The first-order valence-electron chi connectivity index (χ1n) is 7.77. The van der Waals surface area contributed by atoms with Crippen LogP contribution in [-0.2, 0) is 0 Å². The fourth-order valence-corrected chi connectivity index (χ4v) is 3.31. The second-order valence-corrected chi connectivity index (χ2v) is 6.34. The maximum Gasteiger partial charge on any atom is 0.259 e. The SMILES string of the molecule is [C-]#[N+]c1c(F)cc2c(c1F)N(C)[C@H](C)N2c1cc(C)c(C)cc1C. The van der Waals surface area contributed by atoms with Crippen LogP contribution >= 0.6 is 0 Å². The molecule has 0 saturated carbocycles. The van der Waals surface area contributed by atoms with Gasteiger partial charge in [-0.2, -0.15) is 0 Å². The molecule has 1 heterocycles. The van der Waals surface area contributed by atoms with Gasteiger partial charge in [-0.15, -0.1) is 0 Å². The largest absolute Gasteiger partial charge is 0.351 e. The van der Waals surface area contributed by atoms with E-state index >= 15 is 0 Å². The maximum atomic E-state index is 14.7. The van der Waals surface area contributed by atoms with Gasteiger partial charge in [-0.1, -0.05) is 6.07 Å². The molecular formula is C19H19F2N3. The smallest absolute Gasteiger partial charge is 0.259 e. The average Bonchev–Trinajstić information content (AvgIpc) is 2.75. The molecule has 0 bridgehead atoms. The number of anilines is 3. The van der Waals surface area contributed by atoms with Crippen LogP contribution in [0, 0.1) is 39.0 Å². The minimum Gasteiger partial charge on any atom is -0.351 e. The molecule has 3 rings (SSSR count). The Bertz CT molecular complexity index is 883. The predicted octanol–water partition coefficient (Wildman–Crippen LogP) is 5.37. The van der Waals surface area contributed by atoms with Crippen molar-refractivity contribution >= 4 is 22.7 Å². The lowest BCUT2D eigenvalue weighted by Gasteiger charge is -2.29. The van der Waals surface area contributed by atoms with Gasteiger partial charge < -0.3 is 9.80 Å². The van der Waals surface area contributed by atoms with Gasteiger partial charge >= 0.3 is 0 Å². The third-order valence-corrected chi connectivity index (χ3v) is 4.88. The van der Waals surface area contributed by atoms with E-state index in [2.05, 4.69) is 10.9 Å². The minimum atomic E-state index is -0.824. The van der Waals surface area contributed by atoms with Gasteiger partial charge in [0.15, 0.2) is 5.82 Å². The van der Waals surface area contributed by atoms with Crippen LogP contribution in [0.4, 0.5) is 31.5 Å². The molecule has 1 aliphatic rings. The summed E-state index contributed by atoms with van der Waals surface area (Å²) >= 11 is 0. The van der Waals surface area contributed by atoms with Crippen molar-refractivity contribution in [3.63, 3.8) is 0 Å². The Morgan fingerprint density at radius 2 is 1.62 bits per heavy atom. The normalized spacial score (nSPS) is 16.3. The number of nitrogens with zero attached hydrogens (tertiary/aromatic N) is 3. The van der Waals surface area contributed by atoms with E-state index in [0.29, 0.717) is 5.69 Å². The standard InChI is InChI=1S/C19H19F2N3/c1-10-7-12(3)15(8-11(10)2)24-13(4)23(6)19-16(24)9-14(20)18(22-5)17(19)21/h7-9,13H,1-4,6H3/t13-/m0/s1. The van der Waals surface area contributed by atoms with Crippen LogP contribution in [0.1, 0.15) is 23.6 Å². The maximum absolute atomic E-state index is 14.7. The van der Waals surface area contributed by atoms with Crippen LogP contribution in [0.2, 0.25) is 0 Å². The van der Waals surface area contributed by atoms with Gasteiger partial charge in [-0.3, -0.25) is 0 Å². The van der Waals surface area contributed by atoms with E-state index in [1.54, 1.807) is 11.9 Å². The van der Waals surface area contributed by atoms with E-state index in [0.717, 1.165) is 16.8 Å². The lowest BCUT2D eigenvalue weighted by molar-refractivity contribution is 0.594. The number of hydrogen-bond donors (Lipinski definition) is 0. The van der Waals surface area contributed by atoms with E-state index in [1.165, 1.54) is 11.6 Å². The Morgan fingerprint density at radius 1 is 1.00 bits per heavy atom. The molecule has 5 heteroatoms. The van der Waals surface area contributed by atoms with Crippen LogP contribution in [0.5, 0.6) is 0 Å². The molecule has 2 aromatic carbocycles. The number of benzene rings is 2. The molecule has 1 atom stereocenters. The molecule has 0 unspecified atom stereocenters. The first-order chi connectivity index (χ1) is 11.3. The van der Waals surface area contributed by atoms with Crippen LogP contribution in [-0.4, -0.2) is 13.2 Å². The molecular weight excluding hydrogens is 308 g/mol. The molecule has 24 heavy (non-hydrogen) atoms. The number of hydrogen-bond acceptors (Lipinski definition) is 2. The summed E-state index contributed by atoms with van der Waals surface area (Å²) in [5.41, 5.74) is 4.44. The summed E-state index contributed by atoms with van der Waals surface area (Å²) < 4.78 is 28.9. The molecule has 0 fully saturated rings. The number of aryl methyl sites for hydroxylation is 3. The van der Waals surface area contributed by atoms with E-state index in [4.69, 9.17) is 6.57 Å². The first-order valence-corrected chi connectivity index (χ1v) is 7.77. The quantitative estimate of drug-likeness (QED) is 0.652. The fourth-order valence-electron chi connectivity index (χ4n) is 3.31. The zero-order chi connectivity index (χ0) is 17.8. The summed E-state index contributed by atoms with van der Waals surface area (Å²) in [6.07, 6.45) is -0.185. The number of fused-ring (bicyclic) bond motifs is 1. The molecule has 124 valence electrons. The second kappa shape index (κ2) is 5.48. The average molecular weight is 327 g/mol. The predicted molar refractivity (Wildman–Crippen MR) is 93.3 cm³/mol. The molecule has 1 aliphatic heterocycles. The van der Waals surface area contributed by atoms with E-state index in [1.807, 2.05) is 38.7 Å². The molecule has 3 nitrogen and oxygen atoms in total. The highest BCUT2D eigenvalue weighted by molar-refractivity contribution is 5.87. The van der Waals surface area contributed by atoms with E-state index in [9.17, 15) is 8.78 Å². The lowest BCUT2D eigenvalue weighted by atomic mass is 10.0. The molecule has 2 aromatic rings. The Balaban J connectivity index is 2.28. The number of rotatable bonds is 1. The molecule has 0 radical (unpaired) electrons. The van der Waals surface area contributed by atoms with Crippen molar-refractivity contribution in [2.75, 3.05) is 16.8 Å². The Hall–Kier alpha value is -2.61. The Kier molecular flexibility index (Phi) is 3.71. The summed E-state index contributed by atoms with van der Waals surface area (Å²) in [4.78, 5) is 6.67. The van der Waals surface area contributed by atoms with Gasteiger partial charge in [-0.25, -0.2) is 13.6 Å². The molecule has 0 saturated heterocycles. The lowest BCUT2D eigenvalue weighted by Crippen LogP contribution is -2.36. The monoisotopic (exact) mass is 327 g/mol. The van der Waals surface area contributed by atoms with Gasteiger partial charge in [-0.05, 0) is 56.5 Å².